The van der Waals surface area contributed by atoms with Crippen LogP contribution in [0.25, 0.3) is 6.08 Å². The molecular weight excluding hydrogens is 162 g/mol. The van der Waals surface area contributed by atoms with Crippen molar-refractivity contribution in [2.24, 2.45) is 0 Å². The van der Waals surface area contributed by atoms with Gasteiger partial charge < -0.3 is 9.64 Å². The molecular formula is C11H15NO. The number of benzene rings is 1. The molecule has 0 heterocycles. The Kier molecular flexibility index (Phi) is 3.38. The molecule has 0 saturated carbocycles. The lowest BCUT2D eigenvalue weighted by atomic mass is 10.2. The molecule has 0 unspecified atom stereocenters. The molecule has 1 rings (SSSR count). The number of anilines is 1. The third-order valence-corrected chi connectivity index (χ3v) is 1.81. The molecule has 0 amide bonds. The molecule has 0 aliphatic carbocycles. The number of hydrogen-bond acceptors (Lipinski definition) is 2. The van der Waals surface area contributed by atoms with Gasteiger partial charge in [0.05, 0.1) is 13.4 Å². The normalized spacial score (nSPS) is 10.4. The fraction of sp³-hybridized carbons (Fsp3) is 0.273. The van der Waals surface area contributed by atoms with Gasteiger partial charge in [-0.2, -0.15) is 0 Å². The van der Waals surface area contributed by atoms with Crippen molar-refractivity contribution >= 4 is 11.8 Å². The fourth-order valence-corrected chi connectivity index (χ4v) is 1.03. The van der Waals surface area contributed by atoms with E-state index in [0.717, 1.165) is 5.56 Å². The Morgan fingerprint density at radius 3 is 2.23 bits per heavy atom. The molecule has 0 N–H and O–H groups in total. The molecule has 0 saturated heterocycles. The molecule has 0 atom stereocenters. The molecule has 2 nitrogen and oxygen atoms in total. The summed E-state index contributed by atoms with van der Waals surface area (Å²) in [5.74, 6) is 0. The number of nitrogens with zero attached hydrogens (tertiary/aromatic N) is 1. The van der Waals surface area contributed by atoms with E-state index in [2.05, 4.69) is 29.2 Å². The summed E-state index contributed by atoms with van der Waals surface area (Å²) in [6, 6.07) is 8.28. The maximum absolute atomic E-state index is 4.83. The van der Waals surface area contributed by atoms with Crippen LogP contribution in [0.1, 0.15) is 5.56 Å². The van der Waals surface area contributed by atoms with Crippen LogP contribution in [0, 0.1) is 0 Å². The third-order valence-electron chi connectivity index (χ3n) is 1.81. The number of methoxy groups -OCH3 is 1. The van der Waals surface area contributed by atoms with Gasteiger partial charge in [-0.1, -0.05) is 12.1 Å². The second-order valence-corrected chi connectivity index (χ2v) is 3.02. The predicted octanol–water partition coefficient (Wildman–Crippen LogP) is 2.37. The molecule has 1 aromatic carbocycles. The zero-order chi connectivity index (χ0) is 9.68. The van der Waals surface area contributed by atoms with Crippen molar-refractivity contribution in [1.82, 2.24) is 0 Å². The van der Waals surface area contributed by atoms with Gasteiger partial charge in [0.1, 0.15) is 0 Å². The van der Waals surface area contributed by atoms with Gasteiger partial charge >= 0.3 is 0 Å². The topological polar surface area (TPSA) is 12.5 Å². The largest absolute Gasteiger partial charge is 0.504 e. The maximum atomic E-state index is 4.83. The summed E-state index contributed by atoms with van der Waals surface area (Å²) in [7, 11) is 5.70. The molecule has 0 fully saturated rings. The lowest BCUT2D eigenvalue weighted by molar-refractivity contribution is 0.341. The smallest absolute Gasteiger partial charge is 0.0830 e. The van der Waals surface area contributed by atoms with E-state index in [1.807, 2.05) is 20.2 Å². The Bertz CT molecular complexity index is 275. The van der Waals surface area contributed by atoms with Crippen LogP contribution in [0.5, 0.6) is 0 Å². The summed E-state index contributed by atoms with van der Waals surface area (Å²) >= 11 is 0. The van der Waals surface area contributed by atoms with Crippen LogP contribution in [0.2, 0.25) is 0 Å². The highest BCUT2D eigenvalue weighted by Crippen LogP contribution is 2.12. The molecule has 0 spiro atoms. The monoisotopic (exact) mass is 177 g/mol. The van der Waals surface area contributed by atoms with E-state index in [0.29, 0.717) is 0 Å². The van der Waals surface area contributed by atoms with Crippen LogP contribution in [0.4, 0.5) is 5.69 Å². The van der Waals surface area contributed by atoms with Crippen molar-refractivity contribution in [3.05, 3.63) is 36.1 Å². The summed E-state index contributed by atoms with van der Waals surface area (Å²) in [4.78, 5) is 2.07. The maximum Gasteiger partial charge on any atom is 0.0830 e. The van der Waals surface area contributed by atoms with E-state index in [-0.39, 0.29) is 0 Å². The van der Waals surface area contributed by atoms with E-state index in [1.54, 1.807) is 13.4 Å². The van der Waals surface area contributed by atoms with Crippen molar-refractivity contribution in [2.75, 3.05) is 26.1 Å². The highest BCUT2D eigenvalue weighted by atomic mass is 16.5. The van der Waals surface area contributed by atoms with E-state index in [9.17, 15) is 0 Å². The minimum Gasteiger partial charge on any atom is -0.504 e. The van der Waals surface area contributed by atoms with Crippen LogP contribution >= 0.6 is 0 Å². The molecule has 1 aromatic rings. The van der Waals surface area contributed by atoms with Crippen LogP contribution in [0.15, 0.2) is 30.5 Å². The zero-order valence-electron chi connectivity index (χ0n) is 8.32. The average Bonchev–Trinajstić information content (AvgIpc) is 2.15. The highest BCUT2D eigenvalue weighted by Gasteiger charge is 1.92. The van der Waals surface area contributed by atoms with Gasteiger partial charge in [-0.3, -0.25) is 0 Å². The van der Waals surface area contributed by atoms with E-state index < -0.39 is 0 Å². The standard InChI is InChI=1S/C11H15NO/c1-12(2)11-6-4-10(5-7-11)8-9-13-3/h4-9H,1-3H3. The lowest BCUT2D eigenvalue weighted by Crippen LogP contribution is -2.07. The van der Waals surface area contributed by atoms with Crippen LogP contribution < -0.4 is 4.90 Å². The molecule has 0 aliphatic rings. The molecule has 0 aromatic heterocycles. The minimum atomic E-state index is 1.15. The first-order valence-corrected chi connectivity index (χ1v) is 4.21. The van der Waals surface area contributed by atoms with Crippen molar-refractivity contribution < 1.29 is 4.74 Å². The highest BCUT2D eigenvalue weighted by molar-refractivity contribution is 5.54. The van der Waals surface area contributed by atoms with Crippen molar-refractivity contribution in [3.8, 4) is 0 Å². The fourth-order valence-electron chi connectivity index (χ4n) is 1.03. The Morgan fingerprint density at radius 1 is 1.15 bits per heavy atom. The van der Waals surface area contributed by atoms with Crippen LogP contribution in [-0.4, -0.2) is 21.2 Å². The first-order valence-electron chi connectivity index (χ1n) is 4.21. The minimum absolute atomic E-state index is 1.15. The SMILES string of the molecule is COC=Cc1ccc(N(C)C)cc1. The molecule has 13 heavy (non-hydrogen) atoms. The van der Waals surface area contributed by atoms with Crippen molar-refractivity contribution in [1.29, 1.82) is 0 Å². The summed E-state index contributed by atoms with van der Waals surface area (Å²) in [6.07, 6.45) is 3.60. The van der Waals surface area contributed by atoms with Crippen LogP contribution in [0.3, 0.4) is 0 Å². The van der Waals surface area contributed by atoms with Crippen LogP contribution in [-0.2, 0) is 4.74 Å². The van der Waals surface area contributed by atoms with Gasteiger partial charge in [0.15, 0.2) is 0 Å². The van der Waals surface area contributed by atoms with Gasteiger partial charge in [-0.05, 0) is 23.8 Å². The lowest BCUT2D eigenvalue weighted by Gasteiger charge is -2.11. The predicted molar refractivity (Wildman–Crippen MR) is 56.8 cm³/mol. The van der Waals surface area contributed by atoms with Crippen molar-refractivity contribution in [2.45, 2.75) is 0 Å². The summed E-state index contributed by atoms with van der Waals surface area (Å²) in [5, 5.41) is 0. The molecule has 70 valence electrons. The average molecular weight is 177 g/mol. The first-order chi connectivity index (χ1) is 6.24. The second kappa shape index (κ2) is 4.55. The number of ether oxygens (including phenoxy) is 1. The summed E-state index contributed by atoms with van der Waals surface area (Å²) in [5.41, 5.74) is 2.35. The zero-order valence-corrected chi connectivity index (χ0v) is 8.32. The van der Waals surface area contributed by atoms with E-state index in [1.165, 1.54) is 5.69 Å². The third kappa shape index (κ3) is 2.82. The van der Waals surface area contributed by atoms with Gasteiger partial charge in [0, 0.05) is 19.8 Å². The van der Waals surface area contributed by atoms with Gasteiger partial charge in [-0.25, -0.2) is 0 Å². The molecule has 0 bridgehead atoms. The Hall–Kier alpha value is -1.44. The second-order valence-electron chi connectivity index (χ2n) is 3.02. The summed E-state index contributed by atoms with van der Waals surface area (Å²) in [6.45, 7) is 0. The molecule has 0 radical (unpaired) electrons. The van der Waals surface area contributed by atoms with E-state index in [4.69, 9.17) is 4.74 Å². The van der Waals surface area contributed by atoms with E-state index >= 15 is 0 Å². The summed E-state index contributed by atoms with van der Waals surface area (Å²) < 4.78 is 4.83. The Labute approximate surface area is 79.4 Å². The van der Waals surface area contributed by atoms with Gasteiger partial charge in [0.25, 0.3) is 0 Å². The quantitative estimate of drug-likeness (QED) is 0.657. The van der Waals surface area contributed by atoms with Crippen molar-refractivity contribution in [3.63, 3.8) is 0 Å². The Morgan fingerprint density at radius 2 is 1.77 bits per heavy atom. The molecule has 2 heteroatoms. The first kappa shape index (κ1) is 9.65. The molecule has 0 aliphatic heterocycles. The van der Waals surface area contributed by atoms with Gasteiger partial charge in [0.2, 0.25) is 0 Å². The number of rotatable bonds is 3. The van der Waals surface area contributed by atoms with Gasteiger partial charge in [-0.15, -0.1) is 0 Å². The Balaban J connectivity index is 2.75. The number of hydrogen-bond donors (Lipinski definition) is 0.